The Morgan fingerprint density at radius 3 is 2.52 bits per heavy atom. The molecule has 9 heteroatoms. The van der Waals surface area contributed by atoms with Crippen LogP contribution in [0.3, 0.4) is 0 Å². The summed E-state index contributed by atoms with van der Waals surface area (Å²) in [5, 5.41) is 10.1. The van der Waals surface area contributed by atoms with Crippen molar-refractivity contribution in [3.63, 3.8) is 0 Å². The Morgan fingerprint density at radius 2 is 1.85 bits per heavy atom. The molecule has 1 aromatic carbocycles. The maximum atomic E-state index is 13.0. The smallest absolute Gasteiger partial charge is 0.272 e. The first-order valence-electron chi connectivity index (χ1n) is 11.5. The Labute approximate surface area is 195 Å². The molecule has 1 aliphatic rings. The van der Waals surface area contributed by atoms with Crippen LogP contribution in [0.1, 0.15) is 53.7 Å². The van der Waals surface area contributed by atoms with E-state index in [4.69, 9.17) is 0 Å². The van der Waals surface area contributed by atoms with E-state index in [1.807, 2.05) is 30.3 Å². The molecule has 2 aromatic rings. The molecular weight excluding hydrogens is 420 g/mol. The fourth-order valence-corrected chi connectivity index (χ4v) is 3.94. The number of hydrogen-bond acceptors (Lipinski definition) is 5. The van der Waals surface area contributed by atoms with E-state index in [2.05, 4.69) is 34.5 Å². The van der Waals surface area contributed by atoms with E-state index >= 15 is 0 Å². The van der Waals surface area contributed by atoms with Crippen LogP contribution >= 0.6 is 0 Å². The molecule has 2 N–H and O–H groups in total. The van der Waals surface area contributed by atoms with Crippen molar-refractivity contribution in [3.8, 4) is 0 Å². The highest BCUT2D eigenvalue weighted by Gasteiger charge is 2.46. The monoisotopic (exact) mass is 454 g/mol. The molecule has 0 aliphatic carbocycles. The van der Waals surface area contributed by atoms with Crippen molar-refractivity contribution in [1.29, 1.82) is 0 Å². The average molecular weight is 455 g/mol. The first kappa shape index (κ1) is 24.4. The van der Waals surface area contributed by atoms with Crippen molar-refractivity contribution in [2.75, 3.05) is 33.2 Å². The van der Waals surface area contributed by atoms with E-state index in [-0.39, 0.29) is 30.0 Å². The summed E-state index contributed by atoms with van der Waals surface area (Å²) in [6.45, 7) is 9.87. The third-order valence-electron chi connectivity index (χ3n) is 6.35. The van der Waals surface area contributed by atoms with Crippen LogP contribution < -0.4 is 10.6 Å². The van der Waals surface area contributed by atoms with Gasteiger partial charge in [-0.3, -0.25) is 19.1 Å². The molecule has 1 aromatic heterocycles. The van der Waals surface area contributed by atoms with Crippen molar-refractivity contribution in [1.82, 2.24) is 30.2 Å². The molecule has 0 unspecified atom stereocenters. The normalized spacial score (nSPS) is 17.7. The highest BCUT2D eigenvalue weighted by Crippen LogP contribution is 2.26. The lowest BCUT2D eigenvalue weighted by Crippen LogP contribution is -2.62. The van der Waals surface area contributed by atoms with Crippen molar-refractivity contribution < 1.29 is 14.4 Å². The topological polar surface area (TPSA) is 99.6 Å². The summed E-state index contributed by atoms with van der Waals surface area (Å²) in [6, 6.07) is 11.1. The Bertz CT molecular complexity index is 985. The molecule has 3 rings (SSSR count). The number of aromatic nitrogens is 2. The molecule has 0 bridgehead atoms. The average Bonchev–Trinajstić information content (AvgIpc) is 3.25. The highest BCUT2D eigenvalue weighted by molar-refractivity contribution is 6.01. The molecule has 0 fully saturated rings. The fourth-order valence-electron chi connectivity index (χ4n) is 3.94. The first-order valence-corrected chi connectivity index (χ1v) is 11.5. The Balaban J connectivity index is 1.64. The summed E-state index contributed by atoms with van der Waals surface area (Å²) in [5.41, 5.74) is 0.337. The van der Waals surface area contributed by atoms with Crippen LogP contribution in [0.15, 0.2) is 36.4 Å². The number of carbonyl (C=O) groups excluding carboxylic acids is 3. The van der Waals surface area contributed by atoms with Gasteiger partial charge < -0.3 is 20.4 Å². The zero-order chi connectivity index (χ0) is 24.0. The molecule has 0 radical (unpaired) electrons. The number of benzene rings is 1. The molecule has 0 saturated heterocycles. The standard InChI is InChI=1S/C24H34N6O3/c1-5-29(6-2)14-10-13-25-21(31)19-15-20-22(32)28(4)24(3,17-30(20)27-19)23(33)26-16-18-11-8-7-9-12-18/h7-9,11-12,15H,5-6,10,13-14,16-17H2,1-4H3,(H,25,31)(H,26,33)/t24-/m1/s1. The zero-order valence-electron chi connectivity index (χ0n) is 19.9. The van der Waals surface area contributed by atoms with Crippen molar-refractivity contribution >= 4 is 17.7 Å². The number of fused-ring (bicyclic) bond motifs is 1. The minimum atomic E-state index is -1.12. The molecule has 0 spiro atoms. The third kappa shape index (κ3) is 5.42. The van der Waals surface area contributed by atoms with E-state index in [0.29, 0.717) is 18.8 Å². The summed E-state index contributed by atoms with van der Waals surface area (Å²) < 4.78 is 1.47. The third-order valence-corrected chi connectivity index (χ3v) is 6.35. The Hall–Kier alpha value is -3.20. The number of carbonyl (C=O) groups is 3. The van der Waals surface area contributed by atoms with Crippen LogP contribution in [-0.2, 0) is 17.9 Å². The van der Waals surface area contributed by atoms with Gasteiger partial charge in [-0.2, -0.15) is 5.10 Å². The van der Waals surface area contributed by atoms with Gasteiger partial charge in [0.15, 0.2) is 5.69 Å². The number of rotatable bonds is 10. The summed E-state index contributed by atoms with van der Waals surface area (Å²) in [6.07, 6.45) is 0.836. The predicted molar refractivity (Wildman–Crippen MR) is 126 cm³/mol. The van der Waals surface area contributed by atoms with Gasteiger partial charge in [0.25, 0.3) is 11.8 Å². The zero-order valence-corrected chi connectivity index (χ0v) is 19.9. The number of likely N-dealkylation sites (N-methyl/N-ethyl adjacent to an activating group) is 1. The van der Waals surface area contributed by atoms with Crippen LogP contribution in [0.5, 0.6) is 0 Å². The van der Waals surface area contributed by atoms with Gasteiger partial charge in [-0.15, -0.1) is 0 Å². The van der Waals surface area contributed by atoms with E-state index in [9.17, 15) is 14.4 Å². The van der Waals surface area contributed by atoms with Crippen LogP contribution in [-0.4, -0.2) is 76.1 Å². The molecule has 2 heterocycles. The number of nitrogens with zero attached hydrogens (tertiary/aromatic N) is 4. The van der Waals surface area contributed by atoms with Gasteiger partial charge in [-0.25, -0.2) is 0 Å². The molecule has 1 aliphatic heterocycles. The first-order chi connectivity index (χ1) is 15.8. The number of nitrogens with one attached hydrogen (secondary N) is 2. The van der Waals surface area contributed by atoms with E-state index < -0.39 is 5.54 Å². The van der Waals surface area contributed by atoms with Gasteiger partial charge in [-0.1, -0.05) is 44.2 Å². The van der Waals surface area contributed by atoms with Crippen molar-refractivity contribution in [2.45, 2.75) is 45.8 Å². The lowest BCUT2D eigenvalue weighted by atomic mass is 9.96. The summed E-state index contributed by atoms with van der Waals surface area (Å²) in [7, 11) is 1.61. The molecule has 0 saturated carbocycles. The van der Waals surface area contributed by atoms with Gasteiger partial charge in [0.2, 0.25) is 5.91 Å². The summed E-state index contributed by atoms with van der Waals surface area (Å²) >= 11 is 0. The molecule has 33 heavy (non-hydrogen) atoms. The lowest BCUT2D eigenvalue weighted by molar-refractivity contribution is -0.132. The van der Waals surface area contributed by atoms with Gasteiger partial charge in [0.05, 0.1) is 6.54 Å². The molecule has 3 amide bonds. The summed E-state index contributed by atoms with van der Waals surface area (Å²) in [5.74, 6) is -0.931. The van der Waals surface area contributed by atoms with Gasteiger partial charge in [-0.05, 0) is 38.5 Å². The predicted octanol–water partition coefficient (Wildman–Crippen LogP) is 1.51. The fraction of sp³-hybridized carbons (Fsp3) is 0.500. The van der Waals surface area contributed by atoms with Crippen LogP contribution in [0, 0.1) is 0 Å². The van der Waals surface area contributed by atoms with Crippen molar-refractivity contribution in [3.05, 3.63) is 53.3 Å². The van der Waals surface area contributed by atoms with Gasteiger partial charge >= 0.3 is 0 Å². The van der Waals surface area contributed by atoms with Gasteiger partial charge in [0.1, 0.15) is 11.2 Å². The highest BCUT2D eigenvalue weighted by atomic mass is 16.2. The Morgan fingerprint density at radius 1 is 1.15 bits per heavy atom. The molecule has 1 atom stereocenters. The second-order valence-corrected chi connectivity index (χ2v) is 8.52. The maximum Gasteiger partial charge on any atom is 0.272 e. The molecular formula is C24H34N6O3. The van der Waals surface area contributed by atoms with Crippen molar-refractivity contribution in [2.24, 2.45) is 0 Å². The van der Waals surface area contributed by atoms with E-state index in [0.717, 1.165) is 31.6 Å². The van der Waals surface area contributed by atoms with Crippen LogP contribution in [0.25, 0.3) is 0 Å². The van der Waals surface area contributed by atoms with Crippen LogP contribution in [0.2, 0.25) is 0 Å². The Kier molecular flexibility index (Phi) is 7.86. The minimum absolute atomic E-state index is 0.167. The number of amides is 3. The largest absolute Gasteiger partial charge is 0.351 e. The minimum Gasteiger partial charge on any atom is -0.351 e. The lowest BCUT2D eigenvalue weighted by Gasteiger charge is -2.40. The van der Waals surface area contributed by atoms with Crippen LogP contribution in [0.4, 0.5) is 0 Å². The maximum absolute atomic E-state index is 13.0. The van der Waals surface area contributed by atoms with E-state index in [1.165, 1.54) is 15.6 Å². The quantitative estimate of drug-likeness (QED) is 0.530. The number of hydrogen-bond donors (Lipinski definition) is 2. The second kappa shape index (κ2) is 10.6. The molecule has 9 nitrogen and oxygen atoms in total. The molecule has 178 valence electrons. The second-order valence-electron chi connectivity index (χ2n) is 8.52. The van der Waals surface area contributed by atoms with Gasteiger partial charge in [0, 0.05) is 26.2 Å². The summed E-state index contributed by atoms with van der Waals surface area (Å²) in [4.78, 5) is 42.3. The van der Waals surface area contributed by atoms with E-state index in [1.54, 1.807) is 14.0 Å². The SMILES string of the molecule is CCN(CC)CCCNC(=O)c1cc2n(n1)C[C@](C)(C(=O)NCc1ccccc1)N(C)C2=O.